The van der Waals surface area contributed by atoms with E-state index in [1.54, 1.807) is 0 Å². The van der Waals surface area contributed by atoms with Gasteiger partial charge in [0.25, 0.3) is 0 Å². The molecule has 1 aliphatic carbocycles. The van der Waals surface area contributed by atoms with Crippen LogP contribution < -0.4 is 5.32 Å². The third-order valence-corrected chi connectivity index (χ3v) is 3.33. The first-order valence-corrected chi connectivity index (χ1v) is 5.68. The molecule has 1 fully saturated rings. The summed E-state index contributed by atoms with van der Waals surface area (Å²) >= 11 is 0. The third kappa shape index (κ3) is 2.30. The van der Waals surface area contributed by atoms with Crippen LogP contribution in [0.25, 0.3) is 0 Å². The molecular formula is C13H15NO4. The molecule has 1 aromatic carbocycles. The van der Waals surface area contributed by atoms with Crippen molar-refractivity contribution in [1.29, 1.82) is 0 Å². The molecule has 1 atom stereocenters. The number of carboxylic acids is 1. The summed E-state index contributed by atoms with van der Waals surface area (Å²) in [6.07, 6.45) is 0.804. The van der Waals surface area contributed by atoms with Crippen LogP contribution >= 0.6 is 0 Å². The van der Waals surface area contributed by atoms with Crippen LogP contribution in [0.4, 0.5) is 5.69 Å². The average Bonchev–Trinajstić information content (AvgIpc) is 2.90. The number of carbonyl (C=O) groups is 2. The van der Waals surface area contributed by atoms with Gasteiger partial charge >= 0.3 is 5.97 Å². The van der Waals surface area contributed by atoms with Gasteiger partial charge in [0.05, 0.1) is 11.3 Å². The number of benzene rings is 1. The van der Waals surface area contributed by atoms with E-state index in [1.165, 1.54) is 18.2 Å². The molecule has 1 amide bonds. The standard InChI is InChI=1S/C13H15NO4/c1-13(2)6-8(13)11(16)14-9-5-7(12(17)18)3-4-10(9)15/h3-5,8,15H,6H2,1-2H3,(H,14,16)(H,17,18). The lowest BCUT2D eigenvalue weighted by Crippen LogP contribution is -2.17. The first kappa shape index (κ1) is 12.4. The molecule has 0 saturated heterocycles. The number of phenolic OH excluding ortho intramolecular Hbond substituents is 1. The van der Waals surface area contributed by atoms with E-state index < -0.39 is 5.97 Å². The van der Waals surface area contributed by atoms with Gasteiger partial charge in [-0.2, -0.15) is 0 Å². The SMILES string of the molecule is CC1(C)CC1C(=O)Nc1cc(C(=O)O)ccc1O. The van der Waals surface area contributed by atoms with E-state index in [0.717, 1.165) is 6.42 Å². The molecular weight excluding hydrogens is 234 g/mol. The van der Waals surface area contributed by atoms with E-state index in [2.05, 4.69) is 5.32 Å². The number of nitrogens with one attached hydrogen (secondary N) is 1. The Bertz CT molecular complexity index is 522. The second-order valence-electron chi connectivity index (χ2n) is 5.27. The van der Waals surface area contributed by atoms with Crippen molar-refractivity contribution in [3.63, 3.8) is 0 Å². The van der Waals surface area contributed by atoms with Crippen LogP contribution in [0.5, 0.6) is 5.75 Å². The summed E-state index contributed by atoms with van der Waals surface area (Å²) in [7, 11) is 0. The van der Waals surface area contributed by atoms with Crippen molar-refractivity contribution in [3.05, 3.63) is 23.8 Å². The van der Waals surface area contributed by atoms with Gasteiger partial charge < -0.3 is 15.5 Å². The third-order valence-electron chi connectivity index (χ3n) is 3.33. The molecule has 0 spiro atoms. The minimum atomic E-state index is -1.10. The second kappa shape index (κ2) is 4.01. The van der Waals surface area contributed by atoms with Crippen molar-refractivity contribution in [3.8, 4) is 5.75 Å². The summed E-state index contributed by atoms with van der Waals surface area (Å²) in [6, 6.07) is 3.80. The number of carboxylic acid groups (broad SMARTS) is 1. The average molecular weight is 249 g/mol. The molecule has 1 aliphatic rings. The number of aromatic carboxylic acids is 1. The van der Waals surface area contributed by atoms with Gasteiger partial charge in [0, 0.05) is 5.92 Å². The van der Waals surface area contributed by atoms with Crippen LogP contribution in [0.3, 0.4) is 0 Å². The number of hydrogen-bond donors (Lipinski definition) is 3. The summed E-state index contributed by atoms with van der Waals surface area (Å²) in [4.78, 5) is 22.7. The van der Waals surface area contributed by atoms with Crippen molar-refractivity contribution >= 4 is 17.6 Å². The van der Waals surface area contributed by atoms with Crippen molar-refractivity contribution in [2.24, 2.45) is 11.3 Å². The fraction of sp³-hybridized carbons (Fsp3) is 0.385. The van der Waals surface area contributed by atoms with Crippen LogP contribution in [-0.2, 0) is 4.79 Å². The fourth-order valence-electron chi connectivity index (χ4n) is 1.90. The predicted octanol–water partition coefficient (Wildman–Crippen LogP) is 2.07. The summed E-state index contributed by atoms with van der Waals surface area (Å²) in [5, 5.41) is 21.0. The van der Waals surface area contributed by atoms with E-state index in [4.69, 9.17) is 5.11 Å². The number of anilines is 1. The van der Waals surface area contributed by atoms with Gasteiger partial charge in [0.2, 0.25) is 5.91 Å². The summed E-state index contributed by atoms with van der Waals surface area (Å²) < 4.78 is 0. The second-order valence-corrected chi connectivity index (χ2v) is 5.27. The lowest BCUT2D eigenvalue weighted by atomic mass is 10.1. The first-order chi connectivity index (χ1) is 8.31. The van der Waals surface area contributed by atoms with Crippen LogP contribution in [0, 0.1) is 11.3 Å². The highest BCUT2D eigenvalue weighted by atomic mass is 16.4. The summed E-state index contributed by atoms with van der Waals surface area (Å²) in [5.41, 5.74) is 0.158. The van der Waals surface area contributed by atoms with E-state index in [-0.39, 0.29) is 34.2 Å². The van der Waals surface area contributed by atoms with Crippen molar-refractivity contribution in [1.82, 2.24) is 0 Å². The quantitative estimate of drug-likeness (QED) is 0.716. The van der Waals surface area contributed by atoms with Gasteiger partial charge in [-0.3, -0.25) is 4.79 Å². The molecule has 0 aliphatic heterocycles. The Morgan fingerprint density at radius 3 is 2.50 bits per heavy atom. The van der Waals surface area contributed by atoms with Crippen LogP contribution in [-0.4, -0.2) is 22.1 Å². The highest BCUT2D eigenvalue weighted by molar-refractivity contribution is 5.98. The Morgan fingerprint density at radius 2 is 2.00 bits per heavy atom. The van der Waals surface area contributed by atoms with E-state index in [0.29, 0.717) is 0 Å². The lowest BCUT2D eigenvalue weighted by molar-refractivity contribution is -0.118. The molecule has 18 heavy (non-hydrogen) atoms. The Kier molecular flexibility index (Phi) is 2.77. The molecule has 0 radical (unpaired) electrons. The monoisotopic (exact) mass is 249 g/mol. The minimum Gasteiger partial charge on any atom is -0.506 e. The number of phenols is 1. The van der Waals surface area contributed by atoms with Gasteiger partial charge in [-0.1, -0.05) is 13.8 Å². The van der Waals surface area contributed by atoms with Crippen LogP contribution in [0.15, 0.2) is 18.2 Å². The molecule has 1 aromatic rings. The largest absolute Gasteiger partial charge is 0.506 e. The zero-order chi connectivity index (χ0) is 13.5. The Labute approximate surface area is 104 Å². The van der Waals surface area contributed by atoms with Crippen molar-refractivity contribution < 1.29 is 19.8 Å². The lowest BCUT2D eigenvalue weighted by Gasteiger charge is -2.09. The normalized spacial score (nSPS) is 20.2. The topological polar surface area (TPSA) is 86.6 Å². The maximum atomic E-state index is 11.9. The first-order valence-electron chi connectivity index (χ1n) is 5.68. The van der Waals surface area contributed by atoms with E-state index >= 15 is 0 Å². The molecule has 3 N–H and O–H groups in total. The molecule has 5 heteroatoms. The van der Waals surface area contributed by atoms with E-state index in [9.17, 15) is 14.7 Å². The number of amides is 1. The zero-order valence-corrected chi connectivity index (χ0v) is 10.2. The maximum Gasteiger partial charge on any atom is 0.335 e. The predicted molar refractivity (Wildman–Crippen MR) is 65.6 cm³/mol. The number of aromatic hydroxyl groups is 1. The molecule has 96 valence electrons. The van der Waals surface area contributed by atoms with Gasteiger partial charge in [0.15, 0.2) is 0 Å². The molecule has 0 heterocycles. The highest BCUT2D eigenvalue weighted by Gasteiger charge is 2.50. The molecule has 5 nitrogen and oxygen atoms in total. The van der Waals surface area contributed by atoms with Gasteiger partial charge in [-0.05, 0) is 30.0 Å². The van der Waals surface area contributed by atoms with Crippen LogP contribution in [0.1, 0.15) is 30.6 Å². The fourth-order valence-corrected chi connectivity index (χ4v) is 1.90. The number of rotatable bonds is 3. The smallest absolute Gasteiger partial charge is 0.335 e. The van der Waals surface area contributed by atoms with Gasteiger partial charge in [-0.25, -0.2) is 4.79 Å². The highest BCUT2D eigenvalue weighted by Crippen LogP contribution is 2.52. The molecule has 1 unspecified atom stereocenters. The van der Waals surface area contributed by atoms with Gasteiger partial charge in [-0.15, -0.1) is 0 Å². The Hall–Kier alpha value is -2.04. The molecule has 2 rings (SSSR count). The molecule has 0 bridgehead atoms. The van der Waals surface area contributed by atoms with Gasteiger partial charge in [0.1, 0.15) is 5.75 Å². The Morgan fingerprint density at radius 1 is 1.39 bits per heavy atom. The molecule has 1 saturated carbocycles. The molecule has 0 aromatic heterocycles. The number of carbonyl (C=O) groups excluding carboxylic acids is 1. The maximum absolute atomic E-state index is 11.9. The van der Waals surface area contributed by atoms with Crippen molar-refractivity contribution in [2.75, 3.05) is 5.32 Å². The summed E-state index contributed by atoms with van der Waals surface area (Å²) in [5.74, 6) is -1.49. The van der Waals surface area contributed by atoms with E-state index in [1.807, 2.05) is 13.8 Å². The minimum absolute atomic E-state index is 0.00981. The van der Waals surface area contributed by atoms with Crippen LogP contribution in [0.2, 0.25) is 0 Å². The number of hydrogen-bond acceptors (Lipinski definition) is 3. The van der Waals surface area contributed by atoms with Crippen molar-refractivity contribution in [2.45, 2.75) is 20.3 Å². The zero-order valence-electron chi connectivity index (χ0n) is 10.2. The summed E-state index contributed by atoms with van der Waals surface area (Å²) in [6.45, 7) is 3.98. The Balaban J connectivity index is 2.16.